The van der Waals surface area contributed by atoms with Crippen molar-refractivity contribution in [1.82, 2.24) is 15.1 Å². The third-order valence-corrected chi connectivity index (χ3v) is 4.96. The van der Waals surface area contributed by atoms with Gasteiger partial charge in [-0.05, 0) is 47.6 Å². The molecule has 0 spiro atoms. The van der Waals surface area contributed by atoms with Crippen molar-refractivity contribution in [3.63, 3.8) is 0 Å². The van der Waals surface area contributed by atoms with Crippen LogP contribution in [0.4, 0.5) is 4.39 Å². The molecular weight excluding hydrogens is 349 g/mol. The number of thiocarbonyl (C=S) groups is 1. The lowest BCUT2D eigenvalue weighted by molar-refractivity contribution is 0.174. The lowest BCUT2D eigenvalue weighted by Crippen LogP contribution is -2.51. The average Bonchev–Trinajstić information content (AvgIpc) is 2.68. The molecule has 0 saturated carbocycles. The third kappa shape index (κ3) is 5.16. The molecule has 26 heavy (non-hydrogen) atoms. The van der Waals surface area contributed by atoms with Crippen molar-refractivity contribution in [2.75, 3.05) is 33.3 Å². The molecule has 1 heterocycles. The van der Waals surface area contributed by atoms with Gasteiger partial charge < -0.3 is 15.0 Å². The van der Waals surface area contributed by atoms with Crippen molar-refractivity contribution < 1.29 is 9.13 Å². The molecule has 4 nitrogen and oxygen atoms in total. The highest BCUT2D eigenvalue weighted by Crippen LogP contribution is 2.15. The minimum atomic E-state index is -0.219. The van der Waals surface area contributed by atoms with E-state index in [1.165, 1.54) is 17.7 Å². The first-order valence-electron chi connectivity index (χ1n) is 8.76. The molecule has 0 aromatic heterocycles. The number of nitrogens with zero attached hydrogens (tertiary/aromatic N) is 2. The molecule has 2 aromatic rings. The lowest BCUT2D eigenvalue weighted by Gasteiger charge is -2.36. The maximum Gasteiger partial charge on any atom is 0.169 e. The summed E-state index contributed by atoms with van der Waals surface area (Å²) < 4.78 is 18.2. The first-order valence-corrected chi connectivity index (χ1v) is 9.17. The SMILES string of the molecule is COc1cccc(CN2CCN(C(=S)NCc3ccc(F)cc3)CC2)c1. The summed E-state index contributed by atoms with van der Waals surface area (Å²) in [4.78, 5) is 4.62. The zero-order chi connectivity index (χ0) is 18.4. The second kappa shape index (κ2) is 8.96. The number of hydrogen-bond acceptors (Lipinski definition) is 3. The monoisotopic (exact) mass is 373 g/mol. The highest BCUT2D eigenvalue weighted by molar-refractivity contribution is 7.80. The van der Waals surface area contributed by atoms with E-state index >= 15 is 0 Å². The molecule has 0 radical (unpaired) electrons. The highest BCUT2D eigenvalue weighted by atomic mass is 32.1. The Morgan fingerprint density at radius 2 is 1.81 bits per heavy atom. The molecule has 2 aromatic carbocycles. The van der Waals surface area contributed by atoms with Crippen molar-refractivity contribution in [1.29, 1.82) is 0 Å². The summed E-state index contributed by atoms with van der Waals surface area (Å²) in [6.45, 7) is 5.27. The van der Waals surface area contributed by atoms with Crippen LogP contribution in [0.1, 0.15) is 11.1 Å². The number of hydrogen-bond donors (Lipinski definition) is 1. The summed E-state index contributed by atoms with van der Waals surface area (Å²) in [5, 5.41) is 4.03. The van der Waals surface area contributed by atoms with E-state index in [-0.39, 0.29) is 5.82 Å². The number of piperazine rings is 1. The summed E-state index contributed by atoms with van der Waals surface area (Å²) in [6.07, 6.45) is 0. The molecule has 138 valence electrons. The fourth-order valence-corrected chi connectivity index (χ4v) is 3.28. The molecule has 0 unspecified atom stereocenters. The third-order valence-electron chi connectivity index (χ3n) is 4.56. The second-order valence-electron chi connectivity index (χ2n) is 6.40. The van der Waals surface area contributed by atoms with Gasteiger partial charge in [-0.1, -0.05) is 24.3 Å². The van der Waals surface area contributed by atoms with E-state index in [1.807, 2.05) is 12.1 Å². The molecule has 1 N–H and O–H groups in total. The van der Waals surface area contributed by atoms with E-state index in [0.717, 1.165) is 49.1 Å². The number of methoxy groups -OCH3 is 1. The van der Waals surface area contributed by atoms with E-state index in [2.05, 4.69) is 27.2 Å². The number of rotatable bonds is 5. The van der Waals surface area contributed by atoms with Crippen molar-refractivity contribution in [3.05, 3.63) is 65.5 Å². The van der Waals surface area contributed by atoms with Gasteiger partial charge in [0.05, 0.1) is 7.11 Å². The number of halogens is 1. The van der Waals surface area contributed by atoms with Gasteiger partial charge in [-0.15, -0.1) is 0 Å². The number of nitrogens with one attached hydrogen (secondary N) is 1. The predicted octanol–water partition coefficient (Wildman–Crippen LogP) is 3.03. The molecule has 1 aliphatic rings. The van der Waals surface area contributed by atoms with E-state index in [1.54, 1.807) is 19.2 Å². The van der Waals surface area contributed by atoms with Crippen LogP contribution in [0, 0.1) is 5.82 Å². The molecule has 6 heteroatoms. The van der Waals surface area contributed by atoms with Crippen LogP contribution in [0.5, 0.6) is 5.75 Å². The average molecular weight is 373 g/mol. The van der Waals surface area contributed by atoms with Crippen molar-refractivity contribution >= 4 is 17.3 Å². The fraction of sp³-hybridized carbons (Fsp3) is 0.350. The molecule has 1 fully saturated rings. The topological polar surface area (TPSA) is 27.7 Å². The van der Waals surface area contributed by atoms with Gasteiger partial charge in [0.15, 0.2) is 5.11 Å². The van der Waals surface area contributed by atoms with Crippen LogP contribution in [0.15, 0.2) is 48.5 Å². The summed E-state index contributed by atoms with van der Waals surface area (Å²) in [6, 6.07) is 14.7. The van der Waals surface area contributed by atoms with Crippen molar-refractivity contribution in [3.8, 4) is 5.75 Å². The smallest absolute Gasteiger partial charge is 0.169 e. The van der Waals surface area contributed by atoms with Gasteiger partial charge in [0, 0.05) is 39.3 Å². The summed E-state index contributed by atoms with van der Waals surface area (Å²) in [5.74, 6) is 0.677. The lowest BCUT2D eigenvalue weighted by atomic mass is 10.2. The number of benzene rings is 2. The molecule has 0 amide bonds. The van der Waals surface area contributed by atoms with Crippen LogP contribution >= 0.6 is 12.2 Å². The Hall–Kier alpha value is -2.18. The van der Waals surface area contributed by atoms with Crippen molar-refractivity contribution in [2.45, 2.75) is 13.1 Å². The summed E-state index contributed by atoms with van der Waals surface area (Å²) >= 11 is 5.51. The van der Waals surface area contributed by atoms with Gasteiger partial charge in [-0.25, -0.2) is 4.39 Å². The van der Waals surface area contributed by atoms with E-state index in [4.69, 9.17) is 17.0 Å². The molecule has 1 aliphatic heterocycles. The van der Waals surface area contributed by atoms with Gasteiger partial charge in [0.25, 0.3) is 0 Å². The van der Waals surface area contributed by atoms with Gasteiger partial charge in [0.1, 0.15) is 11.6 Å². The van der Waals surface area contributed by atoms with Gasteiger partial charge in [0.2, 0.25) is 0 Å². The summed E-state index contributed by atoms with van der Waals surface area (Å²) in [7, 11) is 1.69. The van der Waals surface area contributed by atoms with Crippen LogP contribution in [0.25, 0.3) is 0 Å². The van der Waals surface area contributed by atoms with E-state index in [0.29, 0.717) is 6.54 Å². The Labute approximate surface area is 159 Å². The summed E-state index contributed by atoms with van der Waals surface area (Å²) in [5.41, 5.74) is 2.28. The maximum atomic E-state index is 12.9. The fourth-order valence-electron chi connectivity index (χ4n) is 3.03. The molecule has 1 saturated heterocycles. The Morgan fingerprint density at radius 1 is 1.08 bits per heavy atom. The van der Waals surface area contributed by atoms with Gasteiger partial charge >= 0.3 is 0 Å². The molecule has 3 rings (SSSR count). The Morgan fingerprint density at radius 3 is 2.50 bits per heavy atom. The second-order valence-corrected chi connectivity index (χ2v) is 6.79. The minimum absolute atomic E-state index is 0.219. The number of ether oxygens (including phenoxy) is 1. The molecule has 0 aliphatic carbocycles. The maximum absolute atomic E-state index is 12.9. The Balaban J connectivity index is 1.43. The molecule has 0 bridgehead atoms. The standard InChI is InChI=1S/C20H24FN3OS/c1-25-19-4-2-3-17(13-19)15-23-9-11-24(12-10-23)20(26)22-14-16-5-7-18(21)8-6-16/h2-8,13H,9-12,14-15H2,1H3,(H,22,26). The van der Waals surface area contributed by atoms with Crippen LogP contribution in [-0.4, -0.2) is 48.2 Å². The van der Waals surface area contributed by atoms with Gasteiger partial charge in [-0.3, -0.25) is 4.90 Å². The first kappa shape index (κ1) is 18.6. The zero-order valence-electron chi connectivity index (χ0n) is 15.0. The van der Waals surface area contributed by atoms with E-state index < -0.39 is 0 Å². The van der Waals surface area contributed by atoms with Crippen LogP contribution in [0.2, 0.25) is 0 Å². The van der Waals surface area contributed by atoms with E-state index in [9.17, 15) is 4.39 Å². The van der Waals surface area contributed by atoms with Gasteiger partial charge in [-0.2, -0.15) is 0 Å². The van der Waals surface area contributed by atoms with Crippen LogP contribution < -0.4 is 10.1 Å². The predicted molar refractivity (Wildman–Crippen MR) is 106 cm³/mol. The highest BCUT2D eigenvalue weighted by Gasteiger charge is 2.19. The largest absolute Gasteiger partial charge is 0.497 e. The zero-order valence-corrected chi connectivity index (χ0v) is 15.8. The first-order chi connectivity index (χ1) is 12.6. The molecule has 0 atom stereocenters. The van der Waals surface area contributed by atoms with Crippen molar-refractivity contribution in [2.24, 2.45) is 0 Å². The molecular formula is C20H24FN3OS. The van der Waals surface area contributed by atoms with Crippen LogP contribution in [-0.2, 0) is 13.1 Å². The van der Waals surface area contributed by atoms with Crippen LogP contribution in [0.3, 0.4) is 0 Å². The normalized spacial score (nSPS) is 14.9. The Kier molecular flexibility index (Phi) is 6.41. The quantitative estimate of drug-likeness (QED) is 0.814. The minimum Gasteiger partial charge on any atom is -0.497 e. The Bertz CT molecular complexity index is 730.